The van der Waals surface area contributed by atoms with E-state index in [1.165, 1.54) is 35.3 Å². The highest BCUT2D eigenvalue weighted by Gasteiger charge is 2.25. The van der Waals surface area contributed by atoms with Crippen molar-refractivity contribution >= 4 is 17.5 Å². The molecule has 9 heteroatoms. The summed E-state index contributed by atoms with van der Waals surface area (Å²) < 4.78 is 14.6. The van der Waals surface area contributed by atoms with Gasteiger partial charge in [0.2, 0.25) is 5.91 Å². The van der Waals surface area contributed by atoms with E-state index < -0.39 is 17.8 Å². The number of carbonyl (C=O) groups excluding carboxylic acids is 2. The summed E-state index contributed by atoms with van der Waals surface area (Å²) in [4.78, 5) is 25.2. The molecule has 0 fully saturated rings. The quantitative estimate of drug-likeness (QED) is 0.667. The zero-order chi connectivity index (χ0) is 21.0. The number of benzene rings is 2. The van der Waals surface area contributed by atoms with Crippen LogP contribution in [0.5, 0.6) is 0 Å². The SMILES string of the molecule is Cc1cc(NC(=O)C(NC(=O)c2ccc(F)cc2)C(C)C)ccc1-n1cnnn1. The Labute approximate surface area is 167 Å². The molecule has 0 bridgehead atoms. The second-order valence-electron chi connectivity index (χ2n) is 6.95. The Morgan fingerprint density at radius 3 is 2.41 bits per heavy atom. The Hall–Kier alpha value is -3.62. The lowest BCUT2D eigenvalue weighted by Gasteiger charge is -2.22. The van der Waals surface area contributed by atoms with Gasteiger partial charge < -0.3 is 10.6 Å². The van der Waals surface area contributed by atoms with Gasteiger partial charge in [0.15, 0.2) is 0 Å². The molecule has 0 aliphatic heterocycles. The van der Waals surface area contributed by atoms with E-state index in [0.29, 0.717) is 5.69 Å². The maximum Gasteiger partial charge on any atom is 0.251 e. The second kappa shape index (κ2) is 8.59. The molecule has 0 saturated heterocycles. The fraction of sp³-hybridized carbons (Fsp3) is 0.250. The number of halogens is 1. The highest BCUT2D eigenvalue weighted by atomic mass is 19.1. The molecular formula is C20H21FN6O2. The van der Waals surface area contributed by atoms with Gasteiger partial charge in [-0.1, -0.05) is 13.8 Å². The van der Waals surface area contributed by atoms with E-state index in [0.717, 1.165) is 11.3 Å². The molecule has 3 rings (SSSR count). The highest BCUT2D eigenvalue weighted by molar-refractivity contribution is 6.01. The first-order valence-electron chi connectivity index (χ1n) is 9.06. The lowest BCUT2D eigenvalue weighted by atomic mass is 10.0. The normalized spacial score (nSPS) is 11.9. The van der Waals surface area contributed by atoms with Crippen LogP contribution in [0.2, 0.25) is 0 Å². The van der Waals surface area contributed by atoms with E-state index in [1.807, 2.05) is 20.8 Å². The lowest BCUT2D eigenvalue weighted by Crippen LogP contribution is -2.47. The topological polar surface area (TPSA) is 102 Å². The predicted molar refractivity (Wildman–Crippen MR) is 105 cm³/mol. The molecule has 0 saturated carbocycles. The standard InChI is InChI=1S/C20H21FN6O2/c1-12(2)18(24-19(28)14-4-6-15(21)7-5-14)20(29)23-16-8-9-17(13(3)10-16)27-11-22-25-26-27/h4-12,18H,1-3H3,(H,23,29)(H,24,28). The first-order chi connectivity index (χ1) is 13.8. The van der Waals surface area contributed by atoms with Crippen molar-refractivity contribution in [3.63, 3.8) is 0 Å². The number of aromatic nitrogens is 4. The zero-order valence-electron chi connectivity index (χ0n) is 16.3. The summed E-state index contributed by atoms with van der Waals surface area (Å²) in [5.74, 6) is -1.37. The molecule has 0 aliphatic rings. The summed E-state index contributed by atoms with van der Waals surface area (Å²) in [5.41, 5.74) is 2.53. The maximum absolute atomic E-state index is 13.1. The van der Waals surface area contributed by atoms with Crippen molar-refractivity contribution < 1.29 is 14.0 Å². The van der Waals surface area contributed by atoms with E-state index in [-0.39, 0.29) is 17.4 Å². The molecule has 150 valence electrons. The minimum absolute atomic E-state index is 0.152. The molecule has 1 aromatic heterocycles. The maximum atomic E-state index is 13.1. The Morgan fingerprint density at radius 2 is 1.83 bits per heavy atom. The van der Waals surface area contributed by atoms with Crippen molar-refractivity contribution in [2.75, 3.05) is 5.32 Å². The Morgan fingerprint density at radius 1 is 1.10 bits per heavy atom. The van der Waals surface area contributed by atoms with Gasteiger partial charge in [0.05, 0.1) is 5.69 Å². The van der Waals surface area contributed by atoms with Crippen LogP contribution in [0, 0.1) is 18.7 Å². The van der Waals surface area contributed by atoms with Gasteiger partial charge in [-0.25, -0.2) is 9.07 Å². The summed E-state index contributed by atoms with van der Waals surface area (Å²) in [6.45, 7) is 5.55. The number of nitrogens with one attached hydrogen (secondary N) is 2. The third kappa shape index (κ3) is 4.81. The van der Waals surface area contributed by atoms with Gasteiger partial charge in [-0.2, -0.15) is 0 Å². The number of tetrazole rings is 1. The summed E-state index contributed by atoms with van der Waals surface area (Å²) in [6.07, 6.45) is 1.49. The lowest BCUT2D eigenvalue weighted by molar-refractivity contribution is -0.118. The summed E-state index contributed by atoms with van der Waals surface area (Å²) in [5, 5.41) is 16.6. The van der Waals surface area contributed by atoms with Gasteiger partial charge in [-0.3, -0.25) is 9.59 Å². The minimum Gasteiger partial charge on any atom is -0.340 e. The monoisotopic (exact) mass is 396 g/mol. The molecule has 0 aliphatic carbocycles. The van der Waals surface area contributed by atoms with Crippen LogP contribution in [0.4, 0.5) is 10.1 Å². The molecule has 2 amide bonds. The fourth-order valence-electron chi connectivity index (χ4n) is 2.84. The molecule has 0 radical (unpaired) electrons. The van der Waals surface area contributed by atoms with Gasteiger partial charge in [0.1, 0.15) is 18.2 Å². The van der Waals surface area contributed by atoms with Crippen LogP contribution in [0.15, 0.2) is 48.8 Å². The third-order valence-corrected chi connectivity index (χ3v) is 4.40. The largest absolute Gasteiger partial charge is 0.340 e. The van der Waals surface area contributed by atoms with Crippen molar-refractivity contribution in [3.8, 4) is 5.69 Å². The van der Waals surface area contributed by atoms with E-state index in [2.05, 4.69) is 26.2 Å². The van der Waals surface area contributed by atoms with Crippen molar-refractivity contribution in [1.82, 2.24) is 25.5 Å². The average molecular weight is 396 g/mol. The van der Waals surface area contributed by atoms with Gasteiger partial charge in [0, 0.05) is 11.3 Å². The highest BCUT2D eigenvalue weighted by Crippen LogP contribution is 2.18. The number of rotatable bonds is 6. The Balaban J connectivity index is 1.72. The number of amides is 2. The number of hydrogen-bond donors (Lipinski definition) is 2. The molecule has 1 atom stereocenters. The molecule has 8 nitrogen and oxygen atoms in total. The number of aryl methyl sites for hydroxylation is 1. The van der Waals surface area contributed by atoms with Gasteiger partial charge in [-0.05, 0) is 71.3 Å². The van der Waals surface area contributed by atoms with Crippen LogP contribution in [0.25, 0.3) is 5.69 Å². The summed E-state index contributed by atoms with van der Waals surface area (Å²) >= 11 is 0. The molecule has 1 unspecified atom stereocenters. The van der Waals surface area contributed by atoms with Crippen LogP contribution < -0.4 is 10.6 Å². The molecular weight excluding hydrogens is 375 g/mol. The number of carbonyl (C=O) groups is 2. The predicted octanol–water partition coefficient (Wildman–Crippen LogP) is 2.50. The summed E-state index contributed by atoms with van der Waals surface area (Å²) in [7, 11) is 0. The van der Waals surface area contributed by atoms with Gasteiger partial charge >= 0.3 is 0 Å². The van der Waals surface area contributed by atoms with Crippen LogP contribution in [0.1, 0.15) is 29.8 Å². The van der Waals surface area contributed by atoms with Crippen molar-refractivity contribution in [2.45, 2.75) is 26.8 Å². The van der Waals surface area contributed by atoms with E-state index >= 15 is 0 Å². The van der Waals surface area contributed by atoms with Crippen LogP contribution >= 0.6 is 0 Å². The van der Waals surface area contributed by atoms with Gasteiger partial charge in [0.25, 0.3) is 5.91 Å². The third-order valence-electron chi connectivity index (χ3n) is 4.40. The molecule has 3 aromatic rings. The molecule has 29 heavy (non-hydrogen) atoms. The molecule has 0 spiro atoms. The van der Waals surface area contributed by atoms with Crippen LogP contribution in [-0.4, -0.2) is 38.1 Å². The van der Waals surface area contributed by atoms with Crippen LogP contribution in [-0.2, 0) is 4.79 Å². The summed E-state index contributed by atoms with van der Waals surface area (Å²) in [6, 6.07) is 9.73. The first-order valence-corrected chi connectivity index (χ1v) is 9.06. The Bertz CT molecular complexity index is 1000. The van der Waals surface area contributed by atoms with E-state index in [9.17, 15) is 14.0 Å². The molecule has 2 N–H and O–H groups in total. The number of nitrogens with zero attached hydrogens (tertiary/aromatic N) is 4. The average Bonchev–Trinajstić information content (AvgIpc) is 3.20. The van der Waals surface area contributed by atoms with Crippen LogP contribution in [0.3, 0.4) is 0 Å². The Kier molecular flexibility index (Phi) is 5.96. The van der Waals surface area contributed by atoms with Crippen molar-refractivity contribution in [3.05, 3.63) is 65.7 Å². The smallest absolute Gasteiger partial charge is 0.251 e. The first kappa shape index (κ1) is 20.1. The van der Waals surface area contributed by atoms with Crippen molar-refractivity contribution in [1.29, 1.82) is 0 Å². The number of hydrogen-bond acceptors (Lipinski definition) is 5. The zero-order valence-corrected chi connectivity index (χ0v) is 16.3. The number of anilines is 1. The van der Waals surface area contributed by atoms with E-state index in [4.69, 9.17) is 0 Å². The van der Waals surface area contributed by atoms with E-state index in [1.54, 1.807) is 18.2 Å². The fourth-order valence-corrected chi connectivity index (χ4v) is 2.84. The second-order valence-corrected chi connectivity index (χ2v) is 6.95. The molecule has 2 aromatic carbocycles. The van der Waals surface area contributed by atoms with Crippen molar-refractivity contribution in [2.24, 2.45) is 5.92 Å². The minimum atomic E-state index is -0.757. The molecule has 1 heterocycles. The van der Waals surface area contributed by atoms with Gasteiger partial charge in [-0.15, -0.1) is 5.10 Å².